The molecule has 5 aromatic rings. The molecule has 0 unspecified atom stereocenters. The Balaban J connectivity index is 1.47. The molecule has 8 nitrogen and oxygen atoms in total. The van der Waals surface area contributed by atoms with E-state index < -0.39 is 26.7 Å². The van der Waals surface area contributed by atoms with Crippen molar-refractivity contribution in [2.24, 2.45) is 0 Å². The van der Waals surface area contributed by atoms with Crippen molar-refractivity contribution in [3.63, 3.8) is 0 Å². The Kier molecular flexibility index (Phi) is 7.28. The summed E-state index contributed by atoms with van der Waals surface area (Å²) in [5, 5.41) is 43.5. The maximum Gasteiger partial charge on any atom is 0.378 e. The summed E-state index contributed by atoms with van der Waals surface area (Å²) in [6, 6.07) is 26.3. The number of diazo groups is 1. The van der Waals surface area contributed by atoms with Crippen LogP contribution in [0, 0.1) is 5.39 Å². The number of fused-ring (bicyclic) bond motifs is 1. The van der Waals surface area contributed by atoms with E-state index in [0.717, 1.165) is 11.1 Å². The van der Waals surface area contributed by atoms with Crippen molar-refractivity contribution in [3.8, 4) is 23.0 Å². The smallest absolute Gasteiger partial charge is 0.378 e. The van der Waals surface area contributed by atoms with E-state index in [9.17, 15) is 23.7 Å². The molecule has 0 spiro atoms. The van der Waals surface area contributed by atoms with Crippen LogP contribution in [0.2, 0.25) is 0 Å². The van der Waals surface area contributed by atoms with Crippen molar-refractivity contribution in [1.82, 2.24) is 0 Å². The molecule has 0 aliphatic carbocycles. The first-order chi connectivity index (χ1) is 20.3. The first-order valence-corrected chi connectivity index (χ1v) is 14.9. The maximum absolute atomic E-state index is 13.3. The van der Waals surface area contributed by atoms with Crippen molar-refractivity contribution in [3.05, 3.63) is 124 Å². The van der Waals surface area contributed by atoms with E-state index in [1.165, 1.54) is 48.5 Å². The fourth-order valence-corrected chi connectivity index (χ4v) is 6.58. The minimum Gasteiger partial charge on any atom is -0.867 e. The van der Waals surface area contributed by atoms with Gasteiger partial charge in [-0.15, -0.1) is 0 Å². The van der Waals surface area contributed by atoms with Gasteiger partial charge in [-0.1, -0.05) is 82.3 Å². The fraction of sp³-hybridized carbons (Fsp3) is 0.176. The number of aromatic hydroxyl groups is 2. The third kappa shape index (κ3) is 5.22. The summed E-state index contributed by atoms with van der Waals surface area (Å²) >= 11 is 0. The van der Waals surface area contributed by atoms with Gasteiger partial charge in [0.2, 0.25) is 5.39 Å². The van der Waals surface area contributed by atoms with Crippen LogP contribution in [-0.2, 0) is 20.9 Å². The molecule has 0 aliphatic rings. The largest absolute Gasteiger partial charge is 0.867 e. The molecule has 5 rings (SSSR count). The Morgan fingerprint density at radius 3 is 1.88 bits per heavy atom. The zero-order valence-corrected chi connectivity index (χ0v) is 24.9. The molecule has 0 atom stereocenters. The quantitative estimate of drug-likeness (QED) is 0.150. The van der Waals surface area contributed by atoms with Crippen LogP contribution in [0.4, 0.5) is 5.69 Å². The third-order valence-corrected chi connectivity index (χ3v) is 9.37. The Hall–Kier alpha value is -5.07. The van der Waals surface area contributed by atoms with Crippen LogP contribution in [0.3, 0.4) is 0 Å². The molecule has 43 heavy (non-hydrogen) atoms. The van der Waals surface area contributed by atoms with Gasteiger partial charge in [-0.2, -0.15) is 8.42 Å². The zero-order chi connectivity index (χ0) is 31.2. The Morgan fingerprint density at radius 1 is 0.721 bits per heavy atom. The summed E-state index contributed by atoms with van der Waals surface area (Å²) < 4.78 is 31.9. The predicted octanol–water partition coefficient (Wildman–Crippen LogP) is 7.23. The number of phenols is 2. The van der Waals surface area contributed by atoms with Gasteiger partial charge in [-0.05, 0) is 52.6 Å². The van der Waals surface area contributed by atoms with E-state index in [1.807, 2.05) is 64.1 Å². The molecule has 0 saturated heterocycles. The molecular formula is C34H30N2O6S. The monoisotopic (exact) mass is 594 g/mol. The molecule has 2 N–H and O–H groups in total. The van der Waals surface area contributed by atoms with Gasteiger partial charge in [0.25, 0.3) is 0 Å². The van der Waals surface area contributed by atoms with Crippen LogP contribution < -0.4 is 9.29 Å². The average Bonchev–Trinajstić information content (AvgIpc) is 2.97. The summed E-state index contributed by atoms with van der Waals surface area (Å²) in [5.74, 6) is -0.624. The number of rotatable bonds is 7. The Labute approximate surface area is 250 Å². The fourth-order valence-electron chi connectivity index (χ4n) is 5.43. The van der Waals surface area contributed by atoms with Crippen LogP contribution in [0.1, 0.15) is 49.9 Å². The highest BCUT2D eigenvalue weighted by molar-refractivity contribution is 7.87. The van der Waals surface area contributed by atoms with Gasteiger partial charge in [0.15, 0.2) is 4.98 Å². The lowest BCUT2D eigenvalue weighted by atomic mass is 9.72. The second kappa shape index (κ2) is 10.6. The van der Waals surface area contributed by atoms with E-state index in [0.29, 0.717) is 11.1 Å². The molecule has 0 fully saturated rings. The number of hydrogen-bond acceptors (Lipinski definition) is 7. The highest BCUT2D eigenvalue weighted by Gasteiger charge is 2.32. The topological polar surface area (TPSA) is 135 Å². The van der Waals surface area contributed by atoms with Crippen LogP contribution in [-0.4, -0.2) is 18.6 Å². The van der Waals surface area contributed by atoms with E-state index in [-0.39, 0.29) is 38.6 Å². The lowest BCUT2D eigenvalue weighted by Crippen LogP contribution is -2.23. The summed E-state index contributed by atoms with van der Waals surface area (Å²) in [7, 11) is -4.34. The molecule has 0 bridgehead atoms. The molecular weight excluding hydrogens is 564 g/mol. The average molecular weight is 595 g/mol. The van der Waals surface area contributed by atoms with Crippen LogP contribution >= 0.6 is 0 Å². The number of benzene rings is 5. The Morgan fingerprint density at radius 2 is 1.30 bits per heavy atom. The minimum absolute atomic E-state index is 0.0145. The second-order valence-corrected chi connectivity index (χ2v) is 12.9. The lowest BCUT2D eigenvalue weighted by Gasteiger charge is -2.32. The van der Waals surface area contributed by atoms with Crippen LogP contribution in [0.5, 0.6) is 23.0 Å². The van der Waals surface area contributed by atoms with Crippen molar-refractivity contribution in [1.29, 1.82) is 5.39 Å². The van der Waals surface area contributed by atoms with Crippen molar-refractivity contribution in [2.45, 2.75) is 43.4 Å². The zero-order valence-electron chi connectivity index (χ0n) is 24.1. The first kappa shape index (κ1) is 29.4. The van der Waals surface area contributed by atoms with Gasteiger partial charge in [-0.3, -0.25) is 0 Å². The SMILES string of the molecule is CC(C)(c1ccccc1)c1cc(C(C)(C)c2ccc(OS(=O)(=O)c3cccc4c([O-])c([N+]#N)ccc34)cc2)c(O)cc1O. The number of phenolic OH excluding ortho intramolecular Hbond substituents is 2. The minimum atomic E-state index is -4.34. The Bertz CT molecular complexity index is 2000. The molecule has 0 amide bonds. The van der Waals surface area contributed by atoms with Gasteiger partial charge < -0.3 is 19.5 Å². The maximum atomic E-state index is 13.3. The predicted molar refractivity (Wildman–Crippen MR) is 163 cm³/mol. The molecule has 0 radical (unpaired) electrons. The van der Waals surface area contributed by atoms with Crippen LogP contribution in [0.25, 0.3) is 15.7 Å². The second-order valence-electron chi connectivity index (χ2n) is 11.4. The summed E-state index contributed by atoms with van der Waals surface area (Å²) in [6.45, 7) is 7.86. The molecule has 218 valence electrons. The van der Waals surface area contributed by atoms with E-state index in [2.05, 4.69) is 4.98 Å². The van der Waals surface area contributed by atoms with Gasteiger partial charge >= 0.3 is 15.8 Å². The molecule has 0 aliphatic heterocycles. The van der Waals surface area contributed by atoms with E-state index >= 15 is 0 Å². The third-order valence-electron chi connectivity index (χ3n) is 8.07. The van der Waals surface area contributed by atoms with Crippen molar-refractivity contribution in [2.75, 3.05) is 0 Å². The number of hydrogen-bond donors (Lipinski definition) is 2. The molecule has 0 aromatic heterocycles. The van der Waals surface area contributed by atoms with Gasteiger partial charge in [0.05, 0.1) is 0 Å². The molecule has 5 aromatic carbocycles. The summed E-state index contributed by atoms with van der Waals surface area (Å²) in [4.78, 5) is 2.75. The van der Waals surface area contributed by atoms with E-state index in [1.54, 1.807) is 12.1 Å². The first-order valence-electron chi connectivity index (χ1n) is 13.5. The summed E-state index contributed by atoms with van der Waals surface area (Å²) in [5.41, 5.74) is 1.51. The molecule has 9 heteroatoms. The normalized spacial score (nSPS) is 12.2. The van der Waals surface area contributed by atoms with E-state index in [4.69, 9.17) is 9.58 Å². The molecule has 0 saturated carbocycles. The highest BCUT2D eigenvalue weighted by atomic mass is 32.2. The van der Waals surface area contributed by atoms with Gasteiger partial charge in [0, 0.05) is 39.5 Å². The van der Waals surface area contributed by atoms with Crippen molar-refractivity contribution < 1.29 is 27.9 Å². The standard InChI is InChI=1S/C34H30N2O6S/c1-33(2,21-9-6-5-7-10-21)26-19-27(30(38)20-29(26)37)34(3,4)22-13-15-23(16-14-22)42-43(40,41)31-12-8-11-25-24(31)17-18-28(36-35)32(25)39/h5-20H,1-4H3,(H2-,37,38,39). The van der Waals surface area contributed by atoms with Crippen molar-refractivity contribution >= 4 is 26.6 Å². The van der Waals surface area contributed by atoms with Gasteiger partial charge in [0.1, 0.15) is 22.1 Å². The highest BCUT2D eigenvalue weighted by Crippen LogP contribution is 2.45. The van der Waals surface area contributed by atoms with Gasteiger partial charge in [-0.25, -0.2) is 0 Å². The van der Waals surface area contributed by atoms with Crippen LogP contribution in [0.15, 0.2) is 102 Å². The molecule has 0 heterocycles. The number of nitrogens with zero attached hydrogens (tertiary/aromatic N) is 2. The summed E-state index contributed by atoms with van der Waals surface area (Å²) in [6.07, 6.45) is 0. The lowest BCUT2D eigenvalue weighted by molar-refractivity contribution is -0.264.